The van der Waals surface area contributed by atoms with E-state index in [1.54, 1.807) is 13.2 Å². The van der Waals surface area contributed by atoms with Crippen LogP contribution in [0.4, 0.5) is 4.39 Å². The normalized spacial score (nSPS) is 20.0. The highest BCUT2D eigenvalue weighted by Gasteiger charge is 2.37. The average Bonchev–Trinajstić information content (AvgIpc) is 2.25. The van der Waals surface area contributed by atoms with Gasteiger partial charge in [-0.15, -0.1) is 0 Å². The van der Waals surface area contributed by atoms with Crippen LogP contribution >= 0.6 is 0 Å². The zero-order chi connectivity index (χ0) is 11.8. The third-order valence-electron chi connectivity index (χ3n) is 3.47. The number of benzene rings is 1. The van der Waals surface area contributed by atoms with E-state index in [0.29, 0.717) is 5.56 Å². The van der Waals surface area contributed by atoms with Crippen LogP contribution in [-0.2, 0) is 5.54 Å². The van der Waals surface area contributed by atoms with E-state index in [9.17, 15) is 4.39 Å². The Kier molecular flexibility index (Phi) is 2.89. The Hall–Kier alpha value is -1.09. The second-order valence-electron chi connectivity index (χ2n) is 4.59. The van der Waals surface area contributed by atoms with Gasteiger partial charge < -0.3 is 10.5 Å². The summed E-state index contributed by atoms with van der Waals surface area (Å²) in [7, 11) is 1.62. The zero-order valence-corrected chi connectivity index (χ0v) is 9.79. The number of halogens is 1. The Morgan fingerprint density at radius 2 is 2.12 bits per heavy atom. The van der Waals surface area contributed by atoms with Crippen LogP contribution in [0.2, 0.25) is 0 Å². The van der Waals surface area contributed by atoms with Crippen molar-refractivity contribution < 1.29 is 9.13 Å². The Morgan fingerprint density at radius 1 is 1.44 bits per heavy atom. The molecule has 1 aromatic rings. The summed E-state index contributed by atoms with van der Waals surface area (Å²) < 4.78 is 18.6. The Bertz CT molecular complexity index is 386. The van der Waals surface area contributed by atoms with Crippen molar-refractivity contribution in [2.45, 2.75) is 37.9 Å². The third kappa shape index (κ3) is 1.80. The first-order valence-electron chi connectivity index (χ1n) is 5.68. The Labute approximate surface area is 95.6 Å². The van der Waals surface area contributed by atoms with Crippen LogP contribution in [0.5, 0.6) is 5.75 Å². The maximum atomic E-state index is 13.3. The molecule has 0 bridgehead atoms. The molecule has 0 saturated heterocycles. The van der Waals surface area contributed by atoms with E-state index in [-0.39, 0.29) is 5.54 Å². The van der Waals surface area contributed by atoms with Crippen LogP contribution in [0, 0.1) is 0 Å². The van der Waals surface area contributed by atoms with E-state index < -0.39 is 6.17 Å². The predicted molar refractivity (Wildman–Crippen MR) is 62.2 cm³/mol. The summed E-state index contributed by atoms with van der Waals surface area (Å²) in [6.45, 7) is 1.54. The van der Waals surface area contributed by atoms with Gasteiger partial charge in [0.1, 0.15) is 11.9 Å². The van der Waals surface area contributed by atoms with Crippen LogP contribution < -0.4 is 10.5 Å². The zero-order valence-electron chi connectivity index (χ0n) is 9.79. The molecule has 1 aliphatic rings. The van der Waals surface area contributed by atoms with Crippen molar-refractivity contribution in [1.82, 2.24) is 0 Å². The van der Waals surface area contributed by atoms with Gasteiger partial charge in [0.05, 0.1) is 7.11 Å². The lowest BCUT2D eigenvalue weighted by molar-refractivity contribution is 0.243. The number of nitrogens with two attached hydrogens (primary N) is 1. The molecule has 0 aliphatic heterocycles. The Balaban J connectivity index is 2.43. The molecule has 1 saturated carbocycles. The lowest BCUT2D eigenvalue weighted by Gasteiger charge is -2.39. The van der Waals surface area contributed by atoms with Gasteiger partial charge in [-0.25, -0.2) is 4.39 Å². The molecular formula is C13H18FNO. The van der Waals surface area contributed by atoms with Crippen LogP contribution in [0.25, 0.3) is 0 Å². The van der Waals surface area contributed by atoms with Crippen LogP contribution in [0.1, 0.15) is 43.5 Å². The number of ether oxygens (including phenoxy) is 1. The fourth-order valence-corrected chi connectivity index (χ4v) is 2.19. The summed E-state index contributed by atoms with van der Waals surface area (Å²) in [4.78, 5) is 0. The first-order valence-corrected chi connectivity index (χ1v) is 5.68. The second kappa shape index (κ2) is 4.06. The lowest BCUT2D eigenvalue weighted by atomic mass is 9.72. The van der Waals surface area contributed by atoms with E-state index in [2.05, 4.69) is 0 Å². The minimum absolute atomic E-state index is 0.309. The number of alkyl halides is 1. The fraction of sp³-hybridized carbons (Fsp3) is 0.538. The van der Waals surface area contributed by atoms with Crippen molar-refractivity contribution in [3.8, 4) is 5.75 Å². The molecule has 0 aromatic heterocycles. The molecule has 0 heterocycles. The molecule has 88 valence electrons. The molecule has 1 unspecified atom stereocenters. The quantitative estimate of drug-likeness (QED) is 0.854. The van der Waals surface area contributed by atoms with Gasteiger partial charge in [0, 0.05) is 11.1 Å². The van der Waals surface area contributed by atoms with E-state index in [1.807, 2.05) is 12.1 Å². The molecular weight excluding hydrogens is 205 g/mol. The van der Waals surface area contributed by atoms with E-state index in [0.717, 1.165) is 30.6 Å². The SMILES string of the molecule is COc1ccc(C(C)F)cc1C1(N)CCC1. The van der Waals surface area contributed by atoms with Gasteiger partial charge in [0.15, 0.2) is 0 Å². The standard InChI is InChI=1S/C13H18FNO/c1-9(14)10-4-5-12(16-2)11(8-10)13(15)6-3-7-13/h4-5,8-9H,3,6-7,15H2,1-2H3. The summed E-state index contributed by atoms with van der Waals surface area (Å²) in [6, 6.07) is 5.42. The van der Waals surface area contributed by atoms with E-state index >= 15 is 0 Å². The molecule has 0 radical (unpaired) electrons. The van der Waals surface area contributed by atoms with Crippen molar-refractivity contribution >= 4 is 0 Å². The molecule has 2 rings (SSSR count). The Morgan fingerprint density at radius 3 is 2.56 bits per heavy atom. The minimum atomic E-state index is -0.965. The summed E-state index contributed by atoms with van der Waals surface area (Å²) in [5.74, 6) is 0.770. The molecule has 1 fully saturated rings. The molecule has 2 N–H and O–H groups in total. The van der Waals surface area contributed by atoms with Crippen molar-refractivity contribution in [2.75, 3.05) is 7.11 Å². The maximum absolute atomic E-state index is 13.3. The van der Waals surface area contributed by atoms with Crippen molar-refractivity contribution in [2.24, 2.45) is 5.73 Å². The molecule has 2 nitrogen and oxygen atoms in total. The molecule has 16 heavy (non-hydrogen) atoms. The predicted octanol–water partition coefficient (Wildman–Crippen LogP) is 3.06. The molecule has 1 aromatic carbocycles. The molecule has 3 heteroatoms. The lowest BCUT2D eigenvalue weighted by Crippen LogP contribution is -2.43. The van der Waals surface area contributed by atoms with Crippen LogP contribution in [-0.4, -0.2) is 7.11 Å². The topological polar surface area (TPSA) is 35.2 Å². The minimum Gasteiger partial charge on any atom is -0.496 e. The van der Waals surface area contributed by atoms with E-state index in [4.69, 9.17) is 10.5 Å². The summed E-state index contributed by atoms with van der Waals surface area (Å²) in [6.07, 6.45) is 2.07. The average molecular weight is 223 g/mol. The van der Waals surface area contributed by atoms with Gasteiger partial charge in [-0.2, -0.15) is 0 Å². The van der Waals surface area contributed by atoms with Gasteiger partial charge in [0.2, 0.25) is 0 Å². The summed E-state index contributed by atoms with van der Waals surface area (Å²) in [5.41, 5.74) is 7.58. The number of methoxy groups -OCH3 is 1. The highest BCUT2D eigenvalue weighted by Crippen LogP contribution is 2.43. The number of hydrogen-bond donors (Lipinski definition) is 1. The van der Waals surface area contributed by atoms with Gasteiger partial charge in [-0.05, 0) is 43.9 Å². The highest BCUT2D eigenvalue weighted by molar-refractivity contribution is 5.43. The molecule has 1 atom stereocenters. The third-order valence-corrected chi connectivity index (χ3v) is 3.47. The largest absolute Gasteiger partial charge is 0.496 e. The smallest absolute Gasteiger partial charge is 0.123 e. The van der Waals surface area contributed by atoms with Gasteiger partial charge >= 0.3 is 0 Å². The van der Waals surface area contributed by atoms with Crippen molar-refractivity contribution in [3.05, 3.63) is 29.3 Å². The monoisotopic (exact) mass is 223 g/mol. The molecule has 0 amide bonds. The summed E-state index contributed by atoms with van der Waals surface area (Å²) >= 11 is 0. The molecule has 1 aliphatic carbocycles. The van der Waals surface area contributed by atoms with Crippen molar-refractivity contribution in [3.63, 3.8) is 0 Å². The van der Waals surface area contributed by atoms with Crippen LogP contribution in [0.3, 0.4) is 0 Å². The van der Waals surface area contributed by atoms with Crippen LogP contribution in [0.15, 0.2) is 18.2 Å². The van der Waals surface area contributed by atoms with Gasteiger partial charge in [-0.3, -0.25) is 0 Å². The first-order chi connectivity index (χ1) is 7.57. The number of hydrogen-bond acceptors (Lipinski definition) is 2. The summed E-state index contributed by atoms with van der Waals surface area (Å²) in [5, 5.41) is 0. The first kappa shape index (κ1) is 11.4. The van der Waals surface area contributed by atoms with E-state index in [1.165, 1.54) is 6.92 Å². The molecule has 0 spiro atoms. The van der Waals surface area contributed by atoms with Gasteiger partial charge in [0.25, 0.3) is 0 Å². The van der Waals surface area contributed by atoms with Crippen molar-refractivity contribution in [1.29, 1.82) is 0 Å². The van der Waals surface area contributed by atoms with Gasteiger partial charge in [-0.1, -0.05) is 6.07 Å². The fourth-order valence-electron chi connectivity index (χ4n) is 2.19. The second-order valence-corrected chi connectivity index (χ2v) is 4.59. The maximum Gasteiger partial charge on any atom is 0.123 e. The number of rotatable bonds is 3. The highest BCUT2D eigenvalue weighted by atomic mass is 19.1.